The van der Waals surface area contributed by atoms with Gasteiger partial charge in [0.25, 0.3) is 11.8 Å². The lowest BCUT2D eigenvalue weighted by Crippen LogP contribution is -2.37. The SMILES string of the molecule is Cc1[nH]c(-c2ccc(-c3ccc(NC(=O)C4(C(=O)O)CC4)cc3F)c3c2C(=O)NC3)nc1C(=O)NCCN1CCCCC1. The second-order valence-electron chi connectivity index (χ2n) is 11.5. The lowest BCUT2D eigenvalue weighted by atomic mass is 9.92. The number of anilines is 1. The number of carboxylic acid groups (broad SMARTS) is 1. The van der Waals surface area contributed by atoms with Gasteiger partial charge in [-0.05, 0) is 81.1 Å². The molecule has 12 heteroatoms. The number of amides is 3. The van der Waals surface area contributed by atoms with E-state index in [1.807, 2.05) is 0 Å². The molecule has 2 aliphatic heterocycles. The maximum Gasteiger partial charge on any atom is 0.319 e. The first-order valence-electron chi connectivity index (χ1n) is 14.5. The summed E-state index contributed by atoms with van der Waals surface area (Å²) < 4.78 is 15.4. The highest BCUT2D eigenvalue weighted by Gasteiger charge is 2.57. The van der Waals surface area contributed by atoms with Gasteiger partial charge < -0.3 is 30.9 Å². The van der Waals surface area contributed by atoms with Gasteiger partial charge >= 0.3 is 5.97 Å². The molecule has 2 fully saturated rings. The maximum atomic E-state index is 15.4. The fourth-order valence-corrected chi connectivity index (χ4v) is 5.93. The van der Waals surface area contributed by atoms with Crippen molar-refractivity contribution >= 4 is 29.4 Å². The molecule has 3 heterocycles. The molecule has 0 unspecified atom stereocenters. The number of H-pyrrole nitrogens is 1. The number of nitrogens with zero attached hydrogens (tertiary/aromatic N) is 2. The van der Waals surface area contributed by atoms with Gasteiger partial charge in [0.15, 0.2) is 0 Å². The van der Waals surface area contributed by atoms with Crippen LogP contribution in [0.15, 0.2) is 30.3 Å². The number of hydrogen-bond acceptors (Lipinski definition) is 6. The predicted molar refractivity (Wildman–Crippen MR) is 156 cm³/mol. The van der Waals surface area contributed by atoms with Crippen molar-refractivity contribution in [1.82, 2.24) is 25.5 Å². The van der Waals surface area contributed by atoms with Crippen molar-refractivity contribution in [2.45, 2.75) is 45.6 Å². The standard InChI is InChI=1S/C31H33FN6O5/c1-17-25(28(40)33-11-14-38-12-3-2-4-13-38)37-26(35-17)21-8-7-19(22-16-34-27(39)24(21)22)20-6-5-18(15-23(20)32)36-29(41)31(9-10-31)30(42)43/h5-8,15H,2-4,9-14,16H2,1H3,(H,33,40)(H,34,39)(H,35,37)(H,36,41)(H,42,43). The van der Waals surface area contributed by atoms with Crippen LogP contribution in [0.3, 0.4) is 0 Å². The van der Waals surface area contributed by atoms with E-state index in [1.54, 1.807) is 19.1 Å². The summed E-state index contributed by atoms with van der Waals surface area (Å²) in [6.07, 6.45) is 4.09. The molecule has 224 valence electrons. The number of aryl methyl sites for hydroxylation is 1. The summed E-state index contributed by atoms with van der Waals surface area (Å²) in [6.45, 7) is 5.32. The molecule has 3 amide bonds. The molecule has 0 bridgehead atoms. The third kappa shape index (κ3) is 5.38. The van der Waals surface area contributed by atoms with Crippen LogP contribution in [0.25, 0.3) is 22.5 Å². The van der Waals surface area contributed by atoms with Crippen LogP contribution in [0.5, 0.6) is 0 Å². The minimum absolute atomic E-state index is 0.147. The van der Waals surface area contributed by atoms with Gasteiger partial charge in [-0.15, -0.1) is 0 Å². The summed E-state index contributed by atoms with van der Waals surface area (Å²) in [4.78, 5) is 59.8. The Morgan fingerprint density at radius 3 is 2.49 bits per heavy atom. The lowest BCUT2D eigenvalue weighted by Gasteiger charge is -2.26. The smallest absolute Gasteiger partial charge is 0.319 e. The molecule has 11 nitrogen and oxygen atoms in total. The van der Waals surface area contributed by atoms with Gasteiger partial charge in [0.05, 0.1) is 5.56 Å². The predicted octanol–water partition coefficient (Wildman–Crippen LogP) is 3.45. The molecule has 43 heavy (non-hydrogen) atoms. The Hall–Kier alpha value is -4.58. The van der Waals surface area contributed by atoms with Crippen molar-refractivity contribution in [2.75, 3.05) is 31.5 Å². The number of carboxylic acids is 1. The van der Waals surface area contributed by atoms with Crippen LogP contribution in [0.2, 0.25) is 0 Å². The molecule has 1 saturated carbocycles. The van der Waals surface area contributed by atoms with E-state index in [9.17, 15) is 24.3 Å². The number of carbonyl (C=O) groups is 4. The van der Waals surface area contributed by atoms with Gasteiger partial charge in [0.1, 0.15) is 22.8 Å². The molecule has 0 radical (unpaired) electrons. The van der Waals surface area contributed by atoms with Crippen molar-refractivity contribution in [3.63, 3.8) is 0 Å². The number of aromatic nitrogens is 2. The molecule has 6 rings (SSSR count). The van der Waals surface area contributed by atoms with Gasteiger partial charge in [-0.2, -0.15) is 0 Å². The molecule has 1 aromatic heterocycles. The Bertz CT molecular complexity index is 1640. The highest BCUT2D eigenvalue weighted by molar-refractivity contribution is 6.11. The Morgan fingerprint density at radius 1 is 1.07 bits per heavy atom. The number of piperidine rings is 1. The van der Waals surface area contributed by atoms with Crippen molar-refractivity contribution in [2.24, 2.45) is 5.41 Å². The number of benzene rings is 2. The molecule has 1 saturated heterocycles. The molecular formula is C31H33FN6O5. The minimum atomic E-state index is -1.45. The molecule has 2 aromatic carbocycles. The minimum Gasteiger partial charge on any atom is -0.480 e. The molecule has 3 aliphatic rings. The highest BCUT2D eigenvalue weighted by Crippen LogP contribution is 2.47. The summed E-state index contributed by atoms with van der Waals surface area (Å²) in [6, 6.07) is 7.51. The summed E-state index contributed by atoms with van der Waals surface area (Å²) in [5.74, 6) is -2.76. The molecular weight excluding hydrogens is 555 g/mol. The Balaban J connectivity index is 1.22. The second-order valence-corrected chi connectivity index (χ2v) is 11.5. The monoisotopic (exact) mass is 588 g/mol. The topological polar surface area (TPSA) is 157 Å². The summed E-state index contributed by atoms with van der Waals surface area (Å²) in [5.41, 5.74) is 1.67. The molecule has 5 N–H and O–H groups in total. The van der Waals surface area contributed by atoms with Crippen molar-refractivity contribution < 1.29 is 28.7 Å². The average molecular weight is 589 g/mol. The number of hydrogen-bond donors (Lipinski definition) is 5. The first-order chi connectivity index (χ1) is 20.7. The second kappa shape index (κ2) is 11.3. The Morgan fingerprint density at radius 2 is 1.79 bits per heavy atom. The summed E-state index contributed by atoms with van der Waals surface area (Å²) in [5, 5.41) is 17.6. The number of fused-ring (bicyclic) bond motifs is 1. The van der Waals surface area contributed by atoms with E-state index in [4.69, 9.17) is 0 Å². The zero-order valence-electron chi connectivity index (χ0n) is 23.8. The largest absolute Gasteiger partial charge is 0.480 e. The highest BCUT2D eigenvalue weighted by atomic mass is 19.1. The Labute approximate surface area is 247 Å². The number of nitrogens with one attached hydrogen (secondary N) is 4. The average Bonchev–Trinajstić information content (AvgIpc) is 3.60. The van der Waals surface area contributed by atoms with Crippen LogP contribution < -0.4 is 16.0 Å². The van der Waals surface area contributed by atoms with Crippen LogP contribution in [0, 0.1) is 18.2 Å². The number of likely N-dealkylation sites (tertiary alicyclic amines) is 1. The third-order valence-electron chi connectivity index (χ3n) is 8.59. The van der Waals surface area contributed by atoms with Gasteiger partial charge in [-0.3, -0.25) is 19.2 Å². The molecule has 1 aliphatic carbocycles. The number of imidazole rings is 1. The molecule has 0 spiro atoms. The van der Waals surface area contributed by atoms with Gasteiger partial charge in [-0.25, -0.2) is 9.37 Å². The summed E-state index contributed by atoms with van der Waals surface area (Å²) in [7, 11) is 0. The quantitative estimate of drug-likeness (QED) is 0.240. The zero-order chi connectivity index (χ0) is 30.3. The number of carbonyl (C=O) groups excluding carboxylic acids is 3. The van der Waals surface area contributed by atoms with E-state index in [0.717, 1.165) is 25.7 Å². The van der Waals surface area contributed by atoms with E-state index in [-0.39, 0.29) is 48.1 Å². The fourth-order valence-electron chi connectivity index (χ4n) is 5.93. The van der Waals surface area contributed by atoms with Gasteiger partial charge in [0.2, 0.25) is 5.91 Å². The number of aromatic amines is 1. The number of rotatable bonds is 9. The summed E-state index contributed by atoms with van der Waals surface area (Å²) >= 11 is 0. The van der Waals surface area contributed by atoms with Crippen LogP contribution in [0.1, 0.15) is 64.2 Å². The maximum absolute atomic E-state index is 15.4. The van der Waals surface area contributed by atoms with E-state index in [2.05, 4.69) is 30.8 Å². The van der Waals surface area contributed by atoms with Crippen molar-refractivity contribution in [3.8, 4) is 22.5 Å². The van der Waals surface area contributed by atoms with Crippen LogP contribution >= 0.6 is 0 Å². The first kappa shape index (κ1) is 28.5. The van der Waals surface area contributed by atoms with E-state index in [1.165, 1.54) is 31.4 Å². The van der Waals surface area contributed by atoms with E-state index in [0.29, 0.717) is 40.3 Å². The van der Waals surface area contributed by atoms with E-state index < -0.39 is 23.1 Å². The van der Waals surface area contributed by atoms with Crippen molar-refractivity contribution in [3.05, 3.63) is 58.7 Å². The number of aliphatic carboxylic acids is 1. The Kier molecular flexibility index (Phi) is 7.47. The first-order valence-corrected chi connectivity index (χ1v) is 14.5. The fraction of sp³-hybridized carbons (Fsp3) is 0.387. The number of halogens is 1. The lowest BCUT2D eigenvalue weighted by molar-refractivity contribution is -0.147. The zero-order valence-corrected chi connectivity index (χ0v) is 23.8. The van der Waals surface area contributed by atoms with Gasteiger partial charge in [-0.1, -0.05) is 12.5 Å². The molecule has 3 aromatic rings. The van der Waals surface area contributed by atoms with Crippen LogP contribution in [-0.2, 0) is 16.1 Å². The normalized spacial score (nSPS) is 17.2. The third-order valence-corrected chi connectivity index (χ3v) is 8.59. The van der Waals surface area contributed by atoms with Gasteiger partial charge in [0, 0.05) is 42.1 Å². The molecule has 0 atom stereocenters. The van der Waals surface area contributed by atoms with Crippen molar-refractivity contribution in [1.29, 1.82) is 0 Å². The van der Waals surface area contributed by atoms with Crippen LogP contribution in [0.4, 0.5) is 10.1 Å². The van der Waals surface area contributed by atoms with Crippen LogP contribution in [-0.4, -0.2) is 69.8 Å². The van der Waals surface area contributed by atoms with E-state index >= 15 is 4.39 Å².